The molecule has 3 aromatic rings. The number of fused-ring (bicyclic) bond motifs is 1. The zero-order valence-corrected chi connectivity index (χ0v) is 18.4. The van der Waals surface area contributed by atoms with E-state index < -0.39 is 5.97 Å². The first-order valence-corrected chi connectivity index (χ1v) is 10.2. The number of nitrogens with zero attached hydrogens (tertiary/aromatic N) is 2. The lowest BCUT2D eigenvalue weighted by Gasteiger charge is -2.18. The van der Waals surface area contributed by atoms with Gasteiger partial charge in [-0.05, 0) is 30.7 Å². The van der Waals surface area contributed by atoms with Crippen molar-refractivity contribution in [2.24, 2.45) is 0 Å². The van der Waals surface area contributed by atoms with Crippen molar-refractivity contribution in [1.29, 1.82) is 0 Å². The third-order valence-electron chi connectivity index (χ3n) is 4.96. The first-order valence-electron chi connectivity index (χ1n) is 10.2. The monoisotopic (exact) mass is 424 g/mol. The number of rotatable bonds is 9. The number of amides is 1. The SMILES string of the molecule is CCOCc1c(C(=O)OCC(=O)N(C)Cc2ccc(N(C)C)cc2)oc2ccccc12. The highest BCUT2D eigenvalue weighted by Crippen LogP contribution is 2.27. The lowest BCUT2D eigenvalue weighted by molar-refractivity contribution is -0.133. The van der Waals surface area contributed by atoms with Crippen LogP contribution in [0.15, 0.2) is 52.9 Å². The van der Waals surface area contributed by atoms with E-state index in [0.29, 0.717) is 24.3 Å². The number of carbonyl (C=O) groups is 2. The van der Waals surface area contributed by atoms with Crippen LogP contribution in [-0.2, 0) is 27.4 Å². The van der Waals surface area contributed by atoms with Crippen molar-refractivity contribution >= 4 is 28.5 Å². The molecule has 0 radical (unpaired) electrons. The third kappa shape index (κ3) is 5.44. The number of para-hydroxylation sites is 1. The maximum Gasteiger partial charge on any atom is 0.375 e. The molecule has 1 amide bonds. The molecule has 0 unspecified atom stereocenters. The molecule has 1 aromatic heterocycles. The van der Waals surface area contributed by atoms with Gasteiger partial charge >= 0.3 is 5.97 Å². The minimum atomic E-state index is -0.678. The average Bonchev–Trinajstić information content (AvgIpc) is 3.14. The third-order valence-corrected chi connectivity index (χ3v) is 4.96. The Labute approximate surface area is 182 Å². The van der Waals surface area contributed by atoms with Gasteiger partial charge in [0.05, 0.1) is 6.61 Å². The molecule has 7 nitrogen and oxygen atoms in total. The number of carbonyl (C=O) groups excluding carboxylic acids is 2. The lowest BCUT2D eigenvalue weighted by Crippen LogP contribution is -2.30. The summed E-state index contributed by atoms with van der Waals surface area (Å²) in [4.78, 5) is 28.6. The van der Waals surface area contributed by atoms with Crippen LogP contribution in [0.4, 0.5) is 5.69 Å². The molecule has 3 rings (SSSR count). The van der Waals surface area contributed by atoms with Gasteiger partial charge in [-0.15, -0.1) is 0 Å². The molecule has 2 aromatic carbocycles. The summed E-state index contributed by atoms with van der Waals surface area (Å²) in [7, 11) is 5.62. The topological polar surface area (TPSA) is 72.2 Å². The summed E-state index contributed by atoms with van der Waals surface area (Å²) in [5, 5.41) is 0.799. The Hall–Kier alpha value is -3.32. The highest BCUT2D eigenvalue weighted by molar-refractivity contribution is 5.96. The fraction of sp³-hybridized carbons (Fsp3) is 0.333. The Morgan fingerprint density at radius 1 is 1.00 bits per heavy atom. The summed E-state index contributed by atoms with van der Waals surface area (Å²) in [6.07, 6.45) is 0. The summed E-state index contributed by atoms with van der Waals surface area (Å²) >= 11 is 0. The second-order valence-electron chi connectivity index (χ2n) is 7.43. The summed E-state index contributed by atoms with van der Waals surface area (Å²) in [5.41, 5.74) is 3.28. The Bertz CT molecular complexity index is 1040. The quantitative estimate of drug-likeness (QED) is 0.486. The lowest BCUT2D eigenvalue weighted by atomic mass is 10.1. The van der Waals surface area contributed by atoms with Crippen molar-refractivity contribution in [3.8, 4) is 0 Å². The van der Waals surface area contributed by atoms with Crippen LogP contribution in [0.1, 0.15) is 28.6 Å². The summed E-state index contributed by atoms with van der Waals surface area (Å²) in [6.45, 7) is 2.67. The van der Waals surface area contributed by atoms with Gasteiger partial charge in [-0.25, -0.2) is 4.79 Å². The number of hydrogen-bond donors (Lipinski definition) is 0. The van der Waals surface area contributed by atoms with Crippen LogP contribution in [0.3, 0.4) is 0 Å². The summed E-state index contributed by atoms with van der Waals surface area (Å²) in [5.74, 6) is -0.903. The molecule has 164 valence electrons. The smallest absolute Gasteiger partial charge is 0.375 e. The fourth-order valence-corrected chi connectivity index (χ4v) is 3.18. The van der Waals surface area contributed by atoms with Crippen LogP contribution in [0.25, 0.3) is 11.0 Å². The van der Waals surface area contributed by atoms with Crippen LogP contribution in [-0.4, -0.2) is 51.1 Å². The van der Waals surface area contributed by atoms with Crippen molar-refractivity contribution in [2.45, 2.75) is 20.1 Å². The van der Waals surface area contributed by atoms with Gasteiger partial charge in [-0.3, -0.25) is 4.79 Å². The minimum absolute atomic E-state index is 0.0735. The largest absolute Gasteiger partial charge is 0.450 e. The molecule has 0 fully saturated rings. The van der Waals surface area contributed by atoms with E-state index in [4.69, 9.17) is 13.9 Å². The maximum atomic E-state index is 12.6. The Balaban J connectivity index is 1.62. The second kappa shape index (κ2) is 10.1. The Morgan fingerprint density at radius 3 is 2.39 bits per heavy atom. The van der Waals surface area contributed by atoms with Crippen LogP contribution in [0.2, 0.25) is 0 Å². The van der Waals surface area contributed by atoms with Gasteiger partial charge in [0.1, 0.15) is 5.58 Å². The van der Waals surface area contributed by atoms with Crippen LogP contribution < -0.4 is 4.90 Å². The number of benzene rings is 2. The first-order chi connectivity index (χ1) is 14.9. The van der Waals surface area contributed by atoms with Crippen molar-refractivity contribution in [3.05, 3.63) is 65.4 Å². The van der Waals surface area contributed by atoms with Crippen LogP contribution >= 0.6 is 0 Å². The van der Waals surface area contributed by atoms with E-state index >= 15 is 0 Å². The van der Waals surface area contributed by atoms with Crippen molar-refractivity contribution in [2.75, 3.05) is 39.3 Å². The van der Waals surface area contributed by atoms with Gasteiger partial charge in [0.2, 0.25) is 5.76 Å². The van der Waals surface area contributed by atoms with Crippen LogP contribution in [0, 0.1) is 0 Å². The van der Waals surface area contributed by atoms with E-state index in [1.165, 1.54) is 4.90 Å². The molecule has 7 heteroatoms. The average molecular weight is 424 g/mol. The number of furan rings is 1. The molecule has 0 aliphatic heterocycles. The normalized spacial score (nSPS) is 10.8. The molecule has 0 saturated heterocycles. The van der Waals surface area contributed by atoms with Gasteiger partial charge in [0, 0.05) is 50.9 Å². The van der Waals surface area contributed by atoms with E-state index in [0.717, 1.165) is 16.6 Å². The number of likely N-dealkylation sites (N-methyl/N-ethyl adjacent to an activating group) is 1. The number of ether oxygens (including phenoxy) is 2. The predicted octanol–water partition coefficient (Wildman–Crippen LogP) is 3.85. The molecule has 0 bridgehead atoms. The Kier molecular flexibility index (Phi) is 7.31. The highest BCUT2D eigenvalue weighted by Gasteiger charge is 2.23. The van der Waals surface area contributed by atoms with E-state index in [1.807, 2.05) is 68.4 Å². The molecular weight excluding hydrogens is 396 g/mol. The maximum absolute atomic E-state index is 12.6. The van der Waals surface area contributed by atoms with Crippen molar-refractivity contribution in [3.63, 3.8) is 0 Å². The number of hydrogen-bond acceptors (Lipinski definition) is 6. The minimum Gasteiger partial charge on any atom is -0.450 e. The van der Waals surface area contributed by atoms with Gasteiger partial charge in [-0.2, -0.15) is 0 Å². The van der Waals surface area contributed by atoms with Gasteiger partial charge in [-0.1, -0.05) is 30.3 Å². The van der Waals surface area contributed by atoms with E-state index in [2.05, 4.69) is 0 Å². The zero-order valence-electron chi connectivity index (χ0n) is 18.4. The zero-order chi connectivity index (χ0) is 22.4. The second-order valence-corrected chi connectivity index (χ2v) is 7.43. The molecule has 0 spiro atoms. The molecule has 1 heterocycles. The first kappa shape index (κ1) is 22.4. The summed E-state index contributed by atoms with van der Waals surface area (Å²) < 4.78 is 16.4. The van der Waals surface area contributed by atoms with Crippen molar-refractivity contribution < 1.29 is 23.5 Å². The highest BCUT2D eigenvalue weighted by atomic mass is 16.5. The van der Waals surface area contributed by atoms with E-state index in [9.17, 15) is 9.59 Å². The van der Waals surface area contributed by atoms with E-state index in [-0.39, 0.29) is 24.9 Å². The number of esters is 1. The van der Waals surface area contributed by atoms with Crippen molar-refractivity contribution in [1.82, 2.24) is 4.90 Å². The van der Waals surface area contributed by atoms with E-state index in [1.54, 1.807) is 13.1 Å². The molecule has 0 aliphatic rings. The Morgan fingerprint density at radius 2 is 1.71 bits per heavy atom. The fourth-order valence-electron chi connectivity index (χ4n) is 3.18. The van der Waals surface area contributed by atoms with Gasteiger partial charge < -0.3 is 23.7 Å². The predicted molar refractivity (Wildman–Crippen MR) is 119 cm³/mol. The number of anilines is 1. The standard InChI is InChI=1S/C24H28N2O5/c1-5-29-15-20-19-8-6-7-9-21(19)31-23(20)24(28)30-16-22(27)26(4)14-17-10-12-18(13-11-17)25(2)3/h6-13H,5,14-16H2,1-4H3. The van der Waals surface area contributed by atoms with Gasteiger partial charge in [0.15, 0.2) is 6.61 Å². The molecule has 0 aliphatic carbocycles. The molecule has 0 atom stereocenters. The molecule has 0 N–H and O–H groups in total. The van der Waals surface area contributed by atoms with Gasteiger partial charge in [0.25, 0.3) is 5.91 Å². The van der Waals surface area contributed by atoms with Crippen LogP contribution in [0.5, 0.6) is 0 Å². The molecule has 0 saturated carbocycles. The molecular formula is C24H28N2O5. The summed E-state index contributed by atoms with van der Waals surface area (Å²) in [6, 6.07) is 15.3. The molecule has 31 heavy (non-hydrogen) atoms.